The zero-order valence-electron chi connectivity index (χ0n) is 11.1. The van der Waals surface area contributed by atoms with Gasteiger partial charge in [-0.25, -0.2) is 4.98 Å². The Bertz CT molecular complexity index is 366. The minimum absolute atomic E-state index is 0.348. The van der Waals surface area contributed by atoms with Crippen LogP contribution in [0.4, 0.5) is 0 Å². The fraction of sp³-hybridized carbons (Fsp3) is 0.769. The highest BCUT2D eigenvalue weighted by Gasteiger charge is 2.23. The smallest absolute Gasteiger partial charge is 0.110 e. The second-order valence-corrected chi connectivity index (χ2v) is 5.87. The van der Waals surface area contributed by atoms with Gasteiger partial charge in [-0.2, -0.15) is 0 Å². The van der Waals surface area contributed by atoms with E-state index in [-0.39, 0.29) is 0 Å². The van der Waals surface area contributed by atoms with Gasteiger partial charge in [0.25, 0.3) is 0 Å². The normalized spacial score (nSPS) is 21.7. The van der Waals surface area contributed by atoms with Gasteiger partial charge in [-0.15, -0.1) is 22.9 Å². The molecule has 18 heavy (non-hydrogen) atoms. The summed E-state index contributed by atoms with van der Waals surface area (Å²) in [5, 5.41) is 3.21. The fourth-order valence-corrected chi connectivity index (χ4v) is 3.48. The lowest BCUT2D eigenvalue weighted by Crippen LogP contribution is -2.34. The third-order valence-electron chi connectivity index (χ3n) is 3.48. The van der Waals surface area contributed by atoms with E-state index in [0.29, 0.717) is 18.0 Å². The summed E-state index contributed by atoms with van der Waals surface area (Å²) in [4.78, 5) is 7.01. The minimum atomic E-state index is 0.348. The predicted molar refractivity (Wildman–Crippen MR) is 76.3 cm³/mol. The van der Waals surface area contributed by atoms with Gasteiger partial charge in [-0.3, -0.25) is 4.90 Å². The van der Waals surface area contributed by atoms with Crippen molar-refractivity contribution in [1.29, 1.82) is 0 Å². The van der Waals surface area contributed by atoms with E-state index >= 15 is 0 Å². The van der Waals surface area contributed by atoms with Gasteiger partial charge in [0.1, 0.15) is 5.01 Å². The number of hydrogen-bond acceptors (Lipinski definition) is 4. The molecule has 1 fully saturated rings. The summed E-state index contributed by atoms with van der Waals surface area (Å²) >= 11 is 7.51. The highest BCUT2D eigenvalue weighted by atomic mass is 35.5. The molecule has 0 aliphatic carbocycles. The second kappa shape index (κ2) is 6.85. The number of rotatable bonds is 6. The summed E-state index contributed by atoms with van der Waals surface area (Å²) in [6.07, 6.45) is 2.79. The third kappa shape index (κ3) is 3.44. The Morgan fingerprint density at radius 2 is 2.50 bits per heavy atom. The van der Waals surface area contributed by atoms with Crippen molar-refractivity contribution in [2.75, 3.05) is 19.7 Å². The van der Waals surface area contributed by atoms with Crippen LogP contribution in [0.3, 0.4) is 0 Å². The van der Waals surface area contributed by atoms with Gasteiger partial charge >= 0.3 is 0 Å². The summed E-state index contributed by atoms with van der Waals surface area (Å²) in [6.45, 7) is 7.37. The molecule has 0 spiro atoms. The molecule has 5 heteroatoms. The predicted octanol–water partition coefficient (Wildman–Crippen LogP) is 3.44. The largest absolute Gasteiger partial charge is 0.377 e. The first-order valence-corrected chi connectivity index (χ1v) is 8.02. The number of ether oxygens (including phenoxy) is 1. The van der Waals surface area contributed by atoms with Crippen molar-refractivity contribution in [3.8, 4) is 0 Å². The number of hydrogen-bond donors (Lipinski definition) is 0. The Balaban J connectivity index is 1.97. The van der Waals surface area contributed by atoms with Gasteiger partial charge in [-0.05, 0) is 26.3 Å². The van der Waals surface area contributed by atoms with Gasteiger partial charge < -0.3 is 4.74 Å². The van der Waals surface area contributed by atoms with E-state index in [9.17, 15) is 0 Å². The Kier molecular flexibility index (Phi) is 5.42. The maximum Gasteiger partial charge on any atom is 0.110 e. The molecule has 1 aliphatic rings. The Labute approximate surface area is 118 Å². The topological polar surface area (TPSA) is 25.4 Å². The molecule has 0 bridgehead atoms. The molecule has 0 saturated carbocycles. The zero-order valence-corrected chi connectivity index (χ0v) is 12.6. The molecule has 2 rings (SSSR count). The first-order chi connectivity index (χ1) is 8.74. The molecule has 1 saturated heterocycles. The van der Waals surface area contributed by atoms with E-state index in [1.807, 2.05) is 0 Å². The van der Waals surface area contributed by atoms with Crippen molar-refractivity contribution in [3.05, 3.63) is 16.1 Å². The van der Waals surface area contributed by atoms with E-state index in [4.69, 9.17) is 16.3 Å². The lowest BCUT2D eigenvalue weighted by atomic mass is 10.2. The Hall–Kier alpha value is -0.160. The molecular formula is C13H21ClN2OS. The molecule has 0 amide bonds. The number of thiazole rings is 1. The van der Waals surface area contributed by atoms with Crippen molar-refractivity contribution >= 4 is 22.9 Å². The third-order valence-corrected chi connectivity index (χ3v) is 4.82. The molecule has 2 unspecified atom stereocenters. The highest BCUT2D eigenvalue weighted by molar-refractivity contribution is 7.09. The lowest BCUT2D eigenvalue weighted by molar-refractivity contribution is 0.0618. The summed E-state index contributed by atoms with van der Waals surface area (Å²) in [6, 6.07) is 0.348. The van der Waals surface area contributed by atoms with Crippen molar-refractivity contribution in [1.82, 2.24) is 9.88 Å². The van der Waals surface area contributed by atoms with E-state index < -0.39 is 0 Å². The van der Waals surface area contributed by atoms with E-state index in [2.05, 4.69) is 29.1 Å². The number of nitrogens with zero attached hydrogens (tertiary/aromatic N) is 2. The maximum atomic E-state index is 5.81. The number of alkyl halides is 1. The van der Waals surface area contributed by atoms with Crippen LogP contribution in [0, 0.1) is 0 Å². The Morgan fingerprint density at radius 1 is 1.67 bits per heavy atom. The average Bonchev–Trinajstić information content (AvgIpc) is 3.06. The highest BCUT2D eigenvalue weighted by Crippen LogP contribution is 2.26. The molecule has 2 atom stereocenters. The van der Waals surface area contributed by atoms with Gasteiger partial charge in [0.2, 0.25) is 0 Å². The fourth-order valence-electron chi connectivity index (χ4n) is 2.34. The first kappa shape index (κ1) is 14.3. The minimum Gasteiger partial charge on any atom is -0.377 e. The zero-order chi connectivity index (χ0) is 13.0. The summed E-state index contributed by atoms with van der Waals surface area (Å²) < 4.78 is 5.72. The van der Waals surface area contributed by atoms with Crippen LogP contribution in [0.15, 0.2) is 5.38 Å². The van der Waals surface area contributed by atoms with Crippen LogP contribution in [0.1, 0.15) is 43.4 Å². The van der Waals surface area contributed by atoms with Crippen LogP contribution in [0.25, 0.3) is 0 Å². The van der Waals surface area contributed by atoms with Gasteiger partial charge in [0.05, 0.1) is 23.7 Å². The van der Waals surface area contributed by atoms with Crippen LogP contribution < -0.4 is 0 Å². The molecule has 0 radical (unpaired) electrons. The standard InChI is InChI=1S/C13H21ClN2OS/c1-3-16(8-12-5-4-6-17-12)10(2)13-15-11(7-14)9-18-13/h9-10,12H,3-8H2,1-2H3. The van der Waals surface area contributed by atoms with E-state index in [1.54, 1.807) is 11.3 Å². The molecule has 1 aromatic rings. The number of likely N-dealkylation sites (N-methyl/N-ethyl adjacent to an activating group) is 1. The van der Waals surface area contributed by atoms with Gasteiger partial charge in [-0.1, -0.05) is 6.92 Å². The van der Waals surface area contributed by atoms with Gasteiger partial charge in [0.15, 0.2) is 0 Å². The number of aromatic nitrogens is 1. The van der Waals surface area contributed by atoms with Crippen LogP contribution in [-0.2, 0) is 10.6 Å². The second-order valence-electron chi connectivity index (χ2n) is 4.71. The van der Waals surface area contributed by atoms with Gasteiger partial charge in [0, 0.05) is 18.5 Å². The van der Waals surface area contributed by atoms with E-state index in [0.717, 1.165) is 30.4 Å². The maximum absolute atomic E-state index is 5.81. The monoisotopic (exact) mass is 288 g/mol. The quantitative estimate of drug-likeness (QED) is 0.750. The molecule has 1 aliphatic heterocycles. The SMILES string of the molecule is CCN(CC1CCCO1)C(C)c1nc(CCl)cs1. The Morgan fingerprint density at radius 3 is 3.06 bits per heavy atom. The van der Waals surface area contributed by atoms with Crippen molar-refractivity contribution in [2.45, 2.75) is 44.7 Å². The first-order valence-electron chi connectivity index (χ1n) is 6.60. The van der Waals surface area contributed by atoms with Crippen LogP contribution in [-0.4, -0.2) is 35.7 Å². The van der Waals surface area contributed by atoms with Crippen LogP contribution in [0.2, 0.25) is 0 Å². The molecule has 0 N–H and O–H groups in total. The number of halogens is 1. The molecule has 2 heterocycles. The molecule has 3 nitrogen and oxygen atoms in total. The molecule has 1 aromatic heterocycles. The average molecular weight is 289 g/mol. The summed E-state index contributed by atoms with van der Waals surface area (Å²) in [5.74, 6) is 0.501. The molecule has 0 aromatic carbocycles. The molecule has 102 valence electrons. The van der Waals surface area contributed by atoms with Crippen LogP contribution >= 0.6 is 22.9 Å². The summed E-state index contributed by atoms with van der Waals surface area (Å²) in [5.41, 5.74) is 0.983. The molecular weight excluding hydrogens is 268 g/mol. The van der Waals surface area contributed by atoms with Crippen molar-refractivity contribution in [2.24, 2.45) is 0 Å². The van der Waals surface area contributed by atoms with Crippen LogP contribution in [0.5, 0.6) is 0 Å². The van der Waals surface area contributed by atoms with E-state index in [1.165, 1.54) is 12.8 Å². The summed E-state index contributed by atoms with van der Waals surface area (Å²) in [7, 11) is 0. The lowest BCUT2D eigenvalue weighted by Gasteiger charge is -2.28. The van der Waals surface area contributed by atoms with Crippen molar-refractivity contribution < 1.29 is 4.74 Å². The van der Waals surface area contributed by atoms with Crippen molar-refractivity contribution in [3.63, 3.8) is 0 Å².